The zero-order valence-electron chi connectivity index (χ0n) is 10.7. The van der Waals surface area contributed by atoms with Crippen LogP contribution in [-0.2, 0) is 14.6 Å². The van der Waals surface area contributed by atoms with Gasteiger partial charge in [0.05, 0.1) is 35.6 Å². The number of hydrogen-bond donors (Lipinski definition) is 1. The van der Waals surface area contributed by atoms with Crippen molar-refractivity contribution in [3.63, 3.8) is 0 Å². The lowest BCUT2D eigenvalue weighted by Crippen LogP contribution is -2.49. The van der Waals surface area contributed by atoms with Gasteiger partial charge in [-0.3, -0.25) is 4.79 Å². The predicted octanol–water partition coefficient (Wildman–Crippen LogP) is 0.636. The Hall–Kier alpha value is -2.07. The summed E-state index contributed by atoms with van der Waals surface area (Å²) in [5.41, 5.74) is 1.25. The predicted molar refractivity (Wildman–Crippen MR) is 73.2 cm³/mol. The SMILES string of the molecule is N#Cc1ccc(N2CCS(=O)(=O)CC2CC(=O)O)cc1. The van der Waals surface area contributed by atoms with Crippen LogP contribution in [0.25, 0.3) is 0 Å². The van der Waals surface area contributed by atoms with Gasteiger partial charge in [0.1, 0.15) is 0 Å². The van der Waals surface area contributed by atoms with Gasteiger partial charge in [0.15, 0.2) is 9.84 Å². The first-order chi connectivity index (χ1) is 9.41. The smallest absolute Gasteiger partial charge is 0.305 e. The van der Waals surface area contributed by atoms with E-state index >= 15 is 0 Å². The van der Waals surface area contributed by atoms with E-state index in [2.05, 4.69) is 0 Å². The highest BCUT2D eigenvalue weighted by Gasteiger charge is 2.32. The molecule has 1 fully saturated rings. The summed E-state index contributed by atoms with van der Waals surface area (Å²) in [4.78, 5) is 12.7. The molecule has 1 N–H and O–H groups in total. The summed E-state index contributed by atoms with van der Waals surface area (Å²) >= 11 is 0. The highest BCUT2D eigenvalue weighted by Crippen LogP contribution is 2.23. The van der Waals surface area contributed by atoms with Gasteiger partial charge in [-0.15, -0.1) is 0 Å². The maximum atomic E-state index is 11.7. The maximum absolute atomic E-state index is 11.7. The monoisotopic (exact) mass is 294 g/mol. The number of carboxylic acids is 1. The summed E-state index contributed by atoms with van der Waals surface area (Å²) in [6.45, 7) is 0.270. The van der Waals surface area contributed by atoms with E-state index in [-0.39, 0.29) is 24.5 Å². The fourth-order valence-electron chi connectivity index (χ4n) is 2.32. The fraction of sp³-hybridized carbons (Fsp3) is 0.385. The molecule has 1 saturated heterocycles. The number of anilines is 1. The molecule has 7 heteroatoms. The Bertz CT molecular complexity index is 646. The van der Waals surface area contributed by atoms with E-state index in [1.54, 1.807) is 29.2 Å². The van der Waals surface area contributed by atoms with E-state index in [1.807, 2.05) is 6.07 Å². The molecule has 1 heterocycles. The average molecular weight is 294 g/mol. The molecule has 6 nitrogen and oxygen atoms in total. The van der Waals surface area contributed by atoms with Gasteiger partial charge in [0, 0.05) is 12.2 Å². The van der Waals surface area contributed by atoms with Gasteiger partial charge in [0.25, 0.3) is 0 Å². The van der Waals surface area contributed by atoms with E-state index in [4.69, 9.17) is 10.4 Å². The molecule has 1 unspecified atom stereocenters. The minimum Gasteiger partial charge on any atom is -0.481 e. The number of sulfone groups is 1. The van der Waals surface area contributed by atoms with Crippen molar-refractivity contribution in [3.8, 4) is 6.07 Å². The van der Waals surface area contributed by atoms with Gasteiger partial charge in [-0.25, -0.2) is 8.42 Å². The fourth-order valence-corrected chi connectivity index (χ4v) is 3.85. The second-order valence-corrected chi connectivity index (χ2v) is 6.95. The Balaban J connectivity index is 2.27. The van der Waals surface area contributed by atoms with E-state index in [1.165, 1.54) is 0 Å². The zero-order chi connectivity index (χ0) is 14.8. The van der Waals surface area contributed by atoms with E-state index in [9.17, 15) is 13.2 Å². The van der Waals surface area contributed by atoms with Crippen molar-refractivity contribution >= 4 is 21.5 Å². The molecule has 2 rings (SSSR count). The molecule has 1 aliphatic rings. The molecule has 1 atom stereocenters. The van der Waals surface area contributed by atoms with Crippen LogP contribution < -0.4 is 4.90 Å². The van der Waals surface area contributed by atoms with Crippen molar-refractivity contribution < 1.29 is 18.3 Å². The number of rotatable bonds is 3. The lowest BCUT2D eigenvalue weighted by molar-refractivity contribution is -0.137. The summed E-state index contributed by atoms with van der Waals surface area (Å²) < 4.78 is 23.3. The summed E-state index contributed by atoms with van der Waals surface area (Å²) in [6, 6.07) is 8.13. The van der Waals surface area contributed by atoms with Crippen LogP contribution in [0.1, 0.15) is 12.0 Å². The van der Waals surface area contributed by atoms with E-state index in [0.29, 0.717) is 5.56 Å². The Labute approximate surface area is 117 Å². The van der Waals surface area contributed by atoms with Crippen LogP contribution in [0.2, 0.25) is 0 Å². The molecule has 0 aliphatic carbocycles. The summed E-state index contributed by atoms with van der Waals surface area (Å²) in [5, 5.41) is 17.7. The Morgan fingerprint density at radius 2 is 2.05 bits per heavy atom. The van der Waals surface area contributed by atoms with Crippen LogP contribution in [0.15, 0.2) is 24.3 Å². The first kappa shape index (κ1) is 14.3. The third-order valence-electron chi connectivity index (χ3n) is 3.27. The van der Waals surface area contributed by atoms with Gasteiger partial charge >= 0.3 is 5.97 Å². The average Bonchev–Trinajstić information content (AvgIpc) is 2.37. The Kier molecular flexibility index (Phi) is 3.95. The van der Waals surface area contributed by atoms with Crippen molar-refractivity contribution in [2.75, 3.05) is 23.0 Å². The normalized spacial score (nSPS) is 21.1. The Morgan fingerprint density at radius 3 is 2.60 bits per heavy atom. The molecule has 1 aliphatic heterocycles. The lowest BCUT2D eigenvalue weighted by atomic mass is 10.1. The van der Waals surface area contributed by atoms with Crippen LogP contribution >= 0.6 is 0 Å². The molecule has 20 heavy (non-hydrogen) atoms. The molecule has 0 amide bonds. The molecule has 0 saturated carbocycles. The number of carboxylic acid groups (broad SMARTS) is 1. The first-order valence-corrected chi connectivity index (χ1v) is 7.92. The molecular weight excluding hydrogens is 280 g/mol. The lowest BCUT2D eigenvalue weighted by Gasteiger charge is -2.36. The zero-order valence-corrected chi connectivity index (χ0v) is 11.5. The minimum atomic E-state index is -3.19. The molecule has 0 radical (unpaired) electrons. The second kappa shape index (κ2) is 5.51. The quantitative estimate of drug-likeness (QED) is 0.878. The molecule has 0 spiro atoms. The summed E-state index contributed by atoms with van der Waals surface area (Å²) in [7, 11) is -3.19. The number of aliphatic carboxylic acids is 1. The van der Waals surface area contributed by atoms with Crippen molar-refractivity contribution in [3.05, 3.63) is 29.8 Å². The first-order valence-electron chi connectivity index (χ1n) is 6.10. The van der Waals surface area contributed by atoms with Gasteiger partial charge < -0.3 is 10.0 Å². The third kappa shape index (κ3) is 3.27. The van der Waals surface area contributed by atoms with Gasteiger partial charge in [-0.05, 0) is 24.3 Å². The topological polar surface area (TPSA) is 98.5 Å². The highest BCUT2D eigenvalue weighted by atomic mass is 32.2. The standard InChI is InChI=1S/C13H14N2O4S/c14-8-10-1-3-11(4-2-10)15-5-6-20(18,19)9-12(15)7-13(16)17/h1-4,12H,5-7,9H2,(H,16,17). The van der Waals surface area contributed by atoms with Gasteiger partial charge in [-0.1, -0.05) is 0 Å². The maximum Gasteiger partial charge on any atom is 0.305 e. The summed E-state index contributed by atoms with van der Waals surface area (Å²) in [5.74, 6) is -1.16. The van der Waals surface area contributed by atoms with Crippen molar-refractivity contribution in [2.24, 2.45) is 0 Å². The number of nitriles is 1. The molecule has 1 aromatic rings. The van der Waals surface area contributed by atoms with Crippen molar-refractivity contribution in [2.45, 2.75) is 12.5 Å². The van der Waals surface area contributed by atoms with E-state index in [0.717, 1.165) is 5.69 Å². The van der Waals surface area contributed by atoms with Crippen LogP contribution in [0, 0.1) is 11.3 Å². The molecule has 0 bridgehead atoms. The van der Waals surface area contributed by atoms with Crippen LogP contribution in [0.4, 0.5) is 5.69 Å². The van der Waals surface area contributed by atoms with Crippen molar-refractivity contribution in [1.29, 1.82) is 5.26 Å². The molecule has 106 valence electrons. The molecular formula is C13H14N2O4S. The number of carbonyl (C=O) groups is 1. The van der Waals surface area contributed by atoms with Crippen LogP contribution in [0.5, 0.6) is 0 Å². The summed E-state index contributed by atoms with van der Waals surface area (Å²) in [6.07, 6.45) is -0.223. The largest absolute Gasteiger partial charge is 0.481 e. The van der Waals surface area contributed by atoms with Crippen LogP contribution in [0.3, 0.4) is 0 Å². The number of hydrogen-bond acceptors (Lipinski definition) is 5. The minimum absolute atomic E-state index is 0.0170. The van der Waals surface area contributed by atoms with E-state index < -0.39 is 21.8 Å². The van der Waals surface area contributed by atoms with Gasteiger partial charge in [-0.2, -0.15) is 5.26 Å². The molecule has 0 aromatic heterocycles. The number of nitrogens with zero attached hydrogens (tertiary/aromatic N) is 2. The second-order valence-electron chi connectivity index (χ2n) is 4.72. The number of benzene rings is 1. The molecule has 1 aromatic carbocycles. The van der Waals surface area contributed by atoms with Crippen molar-refractivity contribution in [1.82, 2.24) is 0 Å². The van der Waals surface area contributed by atoms with Gasteiger partial charge in [0.2, 0.25) is 0 Å². The highest BCUT2D eigenvalue weighted by molar-refractivity contribution is 7.91. The van der Waals surface area contributed by atoms with Crippen LogP contribution in [-0.4, -0.2) is 43.6 Å². The Morgan fingerprint density at radius 1 is 1.40 bits per heavy atom. The third-order valence-corrected chi connectivity index (χ3v) is 4.97.